The summed E-state index contributed by atoms with van der Waals surface area (Å²) < 4.78 is 6.94. The van der Waals surface area contributed by atoms with E-state index < -0.39 is 0 Å². The Morgan fingerprint density at radius 1 is 1.07 bits per heavy atom. The van der Waals surface area contributed by atoms with Gasteiger partial charge in [0.2, 0.25) is 0 Å². The Bertz CT molecular complexity index is 206. The fourth-order valence-electron chi connectivity index (χ4n) is 0.995. The van der Waals surface area contributed by atoms with Gasteiger partial charge < -0.3 is 31.6 Å². The number of nitrogens with zero attached hydrogens (tertiary/aromatic N) is 1. The third-order valence-electron chi connectivity index (χ3n) is 1.69. The first-order valence-corrected chi connectivity index (χ1v) is 4.37. The normalized spacial score (nSPS) is 12.9. The summed E-state index contributed by atoms with van der Waals surface area (Å²) in [6, 6.07) is 6.00. The Hall–Kier alpha value is 0.606. The van der Waals surface area contributed by atoms with Gasteiger partial charge in [-0.25, -0.2) is 4.57 Å². The van der Waals surface area contributed by atoms with E-state index >= 15 is 0 Å². The van der Waals surface area contributed by atoms with E-state index in [1.807, 2.05) is 42.2 Å². The summed E-state index contributed by atoms with van der Waals surface area (Å²) in [7, 11) is 2.00. The molecule has 0 spiro atoms. The maximum atomic E-state index is 4.94. The topological polar surface area (TPSA) is 13.1 Å². The van der Waals surface area contributed by atoms with E-state index in [0.717, 1.165) is 13.2 Å². The van der Waals surface area contributed by atoms with Gasteiger partial charge in [-0.05, 0) is 12.8 Å². The van der Waals surface area contributed by atoms with Crippen molar-refractivity contribution < 1.29 is 36.1 Å². The predicted molar refractivity (Wildman–Crippen MR) is 55.6 cm³/mol. The molecule has 1 aromatic heterocycles. The molecular formula is C10H18IMgNO. The number of hydrogen-bond donors (Lipinski definition) is 0. The number of ether oxygens (including phenoxy) is 1. The van der Waals surface area contributed by atoms with E-state index in [0.29, 0.717) is 0 Å². The molecule has 0 N–H and O–H groups in total. The van der Waals surface area contributed by atoms with Gasteiger partial charge in [-0.3, -0.25) is 0 Å². The summed E-state index contributed by atoms with van der Waals surface area (Å²) in [5.41, 5.74) is 0. The average molecular weight is 319 g/mol. The van der Waals surface area contributed by atoms with Gasteiger partial charge >= 0.3 is 23.1 Å². The molecule has 2 rings (SSSR count). The third kappa shape index (κ3) is 9.17. The third-order valence-corrected chi connectivity index (χ3v) is 1.69. The van der Waals surface area contributed by atoms with Crippen molar-refractivity contribution in [2.24, 2.45) is 7.05 Å². The van der Waals surface area contributed by atoms with E-state index in [-0.39, 0.29) is 49.9 Å². The number of hydrogen-bond acceptors (Lipinski definition) is 1. The molecule has 0 radical (unpaired) electrons. The summed E-state index contributed by atoms with van der Waals surface area (Å²) in [5, 5.41) is 0. The number of aromatic nitrogens is 1. The van der Waals surface area contributed by atoms with Crippen molar-refractivity contribution in [1.29, 1.82) is 0 Å². The molecule has 0 saturated carbocycles. The van der Waals surface area contributed by atoms with Gasteiger partial charge in [-0.1, -0.05) is 6.07 Å². The largest absolute Gasteiger partial charge is 2.00 e. The molecule has 0 bridgehead atoms. The zero-order valence-electron chi connectivity index (χ0n) is 10.7. The maximum Gasteiger partial charge on any atom is 2.00 e. The molecule has 1 aliphatic rings. The van der Waals surface area contributed by atoms with Crippen LogP contribution in [0, 0.1) is 0 Å². The Labute approximate surface area is 122 Å². The van der Waals surface area contributed by atoms with E-state index in [1.54, 1.807) is 0 Å². The van der Waals surface area contributed by atoms with Gasteiger partial charge in [-0.15, -0.1) is 0 Å². The van der Waals surface area contributed by atoms with Gasteiger partial charge in [0.05, 0.1) is 0 Å². The summed E-state index contributed by atoms with van der Waals surface area (Å²) in [6.45, 7) is 2.00. The first kappa shape index (κ1) is 17.0. The molecular weight excluding hydrogens is 301 g/mol. The molecule has 0 atom stereocenters. The van der Waals surface area contributed by atoms with Crippen molar-refractivity contribution in [2.75, 3.05) is 13.2 Å². The van der Waals surface area contributed by atoms with Crippen LogP contribution in [0.15, 0.2) is 30.6 Å². The standard InChI is InChI=1S/C6H8N.C4H8O.HI.Mg.2H/c1-7-5-3-2-4-6-7;1-2-4-5-3-1;;;;/h2-6H,1H3;1-4H2;1H;;;/q+1;;;+2;2*-1/p-1. The van der Waals surface area contributed by atoms with Gasteiger partial charge in [0.1, 0.15) is 7.05 Å². The minimum absolute atomic E-state index is 0. The molecule has 1 saturated heterocycles. The van der Waals surface area contributed by atoms with Gasteiger partial charge in [0.25, 0.3) is 0 Å². The quantitative estimate of drug-likeness (QED) is 0.311. The van der Waals surface area contributed by atoms with Crippen molar-refractivity contribution in [2.45, 2.75) is 12.8 Å². The zero-order chi connectivity index (χ0) is 8.65. The minimum atomic E-state index is 0. The molecule has 0 aliphatic carbocycles. The van der Waals surface area contributed by atoms with Crippen molar-refractivity contribution in [3.8, 4) is 0 Å². The Balaban J connectivity index is -0.0000000739. The molecule has 4 heteroatoms. The molecule has 78 valence electrons. The van der Waals surface area contributed by atoms with Crippen molar-refractivity contribution in [3.05, 3.63) is 30.6 Å². The summed E-state index contributed by atoms with van der Waals surface area (Å²) in [5.74, 6) is 0. The average Bonchev–Trinajstić information content (AvgIpc) is 2.62. The second kappa shape index (κ2) is 11.7. The van der Waals surface area contributed by atoms with Crippen LogP contribution in [0.3, 0.4) is 0 Å². The van der Waals surface area contributed by atoms with Crippen LogP contribution in [0.4, 0.5) is 0 Å². The van der Waals surface area contributed by atoms with E-state index in [9.17, 15) is 0 Å². The fourth-order valence-corrected chi connectivity index (χ4v) is 0.995. The van der Waals surface area contributed by atoms with E-state index in [4.69, 9.17) is 4.74 Å². The Morgan fingerprint density at radius 3 is 1.79 bits per heavy atom. The van der Waals surface area contributed by atoms with Crippen LogP contribution in [-0.4, -0.2) is 36.3 Å². The van der Waals surface area contributed by atoms with Crippen molar-refractivity contribution in [3.63, 3.8) is 0 Å². The maximum absolute atomic E-state index is 4.94. The van der Waals surface area contributed by atoms with Crippen LogP contribution in [0.5, 0.6) is 0 Å². The van der Waals surface area contributed by atoms with Crippen LogP contribution >= 0.6 is 0 Å². The van der Waals surface area contributed by atoms with Crippen LogP contribution in [-0.2, 0) is 11.8 Å². The van der Waals surface area contributed by atoms with Gasteiger partial charge in [0.15, 0.2) is 12.4 Å². The van der Waals surface area contributed by atoms with Gasteiger partial charge in [-0.2, -0.15) is 0 Å². The number of aryl methyl sites for hydroxylation is 1. The molecule has 0 unspecified atom stereocenters. The number of halogens is 1. The molecule has 1 aromatic rings. The fraction of sp³-hybridized carbons (Fsp3) is 0.500. The smallest absolute Gasteiger partial charge is 1.00 e. The van der Waals surface area contributed by atoms with Crippen LogP contribution in [0.1, 0.15) is 15.7 Å². The van der Waals surface area contributed by atoms with E-state index in [2.05, 4.69) is 0 Å². The minimum Gasteiger partial charge on any atom is -1.00 e. The molecule has 14 heavy (non-hydrogen) atoms. The summed E-state index contributed by atoms with van der Waals surface area (Å²) >= 11 is 0. The van der Waals surface area contributed by atoms with Crippen molar-refractivity contribution >= 4 is 23.1 Å². The predicted octanol–water partition coefficient (Wildman–Crippen LogP) is -1.84. The van der Waals surface area contributed by atoms with E-state index in [1.165, 1.54) is 12.8 Å². The molecule has 1 aliphatic heterocycles. The van der Waals surface area contributed by atoms with Gasteiger partial charge in [0, 0.05) is 25.3 Å². The zero-order valence-corrected chi connectivity index (χ0v) is 12.2. The molecule has 0 aromatic carbocycles. The summed E-state index contributed by atoms with van der Waals surface area (Å²) in [6.07, 6.45) is 6.56. The van der Waals surface area contributed by atoms with Crippen molar-refractivity contribution in [1.82, 2.24) is 0 Å². The molecule has 0 amide bonds. The van der Waals surface area contributed by atoms with Crippen LogP contribution in [0.2, 0.25) is 0 Å². The number of rotatable bonds is 0. The first-order valence-electron chi connectivity index (χ1n) is 4.37. The monoisotopic (exact) mass is 319 g/mol. The number of pyridine rings is 1. The second-order valence-corrected chi connectivity index (χ2v) is 2.86. The van der Waals surface area contributed by atoms with Crippen LogP contribution in [0.25, 0.3) is 0 Å². The Kier molecular flexibility index (Phi) is 14.2. The first-order chi connectivity index (χ1) is 5.89. The SMILES string of the molecule is C1CCOC1.C[n+]1ccccc1.[H-].[H-].[I-].[Mg+2]. The Morgan fingerprint density at radius 2 is 1.57 bits per heavy atom. The van der Waals surface area contributed by atoms with Crippen LogP contribution < -0.4 is 28.5 Å². The molecule has 2 heterocycles. The molecule has 1 fully saturated rings. The molecule has 2 nitrogen and oxygen atoms in total. The second-order valence-electron chi connectivity index (χ2n) is 2.86. The summed E-state index contributed by atoms with van der Waals surface area (Å²) in [4.78, 5) is 0.